The van der Waals surface area contributed by atoms with Gasteiger partial charge in [0.1, 0.15) is 11.5 Å². The van der Waals surface area contributed by atoms with E-state index in [1.807, 2.05) is 0 Å². The van der Waals surface area contributed by atoms with Gasteiger partial charge in [-0.2, -0.15) is 4.98 Å². The monoisotopic (exact) mass is 292 g/mol. The number of ether oxygens (including phenoxy) is 3. The number of methoxy groups -OCH3 is 2. The fourth-order valence-electron chi connectivity index (χ4n) is 1.73. The summed E-state index contributed by atoms with van der Waals surface area (Å²) in [5, 5.41) is 0. The van der Waals surface area contributed by atoms with Gasteiger partial charge in [-0.05, 0) is 19.1 Å². The molecular weight excluding hydrogens is 276 g/mol. The molecule has 0 unspecified atom stereocenters. The van der Waals surface area contributed by atoms with Crippen molar-refractivity contribution >= 4 is 11.9 Å². The van der Waals surface area contributed by atoms with Gasteiger partial charge in [-0.25, -0.2) is 4.79 Å². The molecule has 1 aromatic heterocycles. The first-order valence-corrected chi connectivity index (χ1v) is 6.25. The van der Waals surface area contributed by atoms with Crippen LogP contribution in [0.3, 0.4) is 0 Å². The lowest BCUT2D eigenvalue weighted by molar-refractivity contribution is 0.0521. The summed E-state index contributed by atoms with van der Waals surface area (Å²) in [5.74, 6) is 0.607. The largest absolute Gasteiger partial charge is 0.497 e. The van der Waals surface area contributed by atoms with Crippen LogP contribution in [-0.4, -0.2) is 31.8 Å². The van der Waals surface area contributed by atoms with Crippen LogP contribution in [0.4, 0.5) is 5.88 Å². The highest BCUT2D eigenvalue weighted by atomic mass is 16.5. The molecule has 0 fully saturated rings. The van der Waals surface area contributed by atoms with Gasteiger partial charge in [-0.15, -0.1) is 0 Å². The second-order valence-corrected chi connectivity index (χ2v) is 4.05. The van der Waals surface area contributed by atoms with Crippen molar-refractivity contribution < 1.29 is 23.4 Å². The SMILES string of the molecule is CCOC(=O)c1nc(-c2cc(OC)cc(OC)c2)oc1N. The van der Waals surface area contributed by atoms with Crippen LogP contribution >= 0.6 is 0 Å². The molecule has 0 atom stereocenters. The Bertz CT molecular complexity index is 629. The average molecular weight is 292 g/mol. The van der Waals surface area contributed by atoms with E-state index in [1.54, 1.807) is 25.1 Å². The summed E-state index contributed by atoms with van der Waals surface area (Å²) in [4.78, 5) is 15.8. The van der Waals surface area contributed by atoms with Gasteiger partial charge in [-0.3, -0.25) is 0 Å². The standard InChI is InChI=1S/C14H16N2O5/c1-4-20-14(17)11-12(15)21-13(16-11)8-5-9(18-2)7-10(6-8)19-3/h5-7H,4,15H2,1-3H3. The molecule has 7 nitrogen and oxygen atoms in total. The van der Waals surface area contributed by atoms with Crippen LogP contribution in [0.2, 0.25) is 0 Å². The number of hydrogen-bond donors (Lipinski definition) is 1. The molecule has 0 bridgehead atoms. The third-order valence-electron chi connectivity index (χ3n) is 2.72. The van der Waals surface area contributed by atoms with Gasteiger partial charge in [0.05, 0.1) is 20.8 Å². The number of carbonyl (C=O) groups excluding carboxylic acids is 1. The van der Waals surface area contributed by atoms with Crippen molar-refractivity contribution in [1.29, 1.82) is 0 Å². The molecule has 0 saturated carbocycles. The zero-order valence-electron chi connectivity index (χ0n) is 12.0. The number of rotatable bonds is 5. The topological polar surface area (TPSA) is 96.8 Å². The van der Waals surface area contributed by atoms with Gasteiger partial charge in [0, 0.05) is 11.6 Å². The minimum absolute atomic E-state index is 0.0476. The molecule has 0 radical (unpaired) electrons. The fourth-order valence-corrected chi connectivity index (χ4v) is 1.73. The van der Waals surface area contributed by atoms with Crippen LogP contribution in [-0.2, 0) is 4.74 Å². The molecule has 0 saturated heterocycles. The number of nitrogens with two attached hydrogens (primary N) is 1. The van der Waals surface area contributed by atoms with Crippen molar-refractivity contribution in [2.75, 3.05) is 26.6 Å². The summed E-state index contributed by atoms with van der Waals surface area (Å²) in [7, 11) is 3.07. The number of carbonyl (C=O) groups is 1. The smallest absolute Gasteiger partial charge is 0.362 e. The van der Waals surface area contributed by atoms with Crippen molar-refractivity contribution in [3.05, 3.63) is 23.9 Å². The molecule has 1 aromatic carbocycles. The maximum absolute atomic E-state index is 11.7. The number of aromatic nitrogens is 1. The quantitative estimate of drug-likeness (QED) is 0.843. The maximum atomic E-state index is 11.7. The van der Waals surface area contributed by atoms with E-state index in [9.17, 15) is 4.79 Å². The molecule has 0 aliphatic rings. The molecule has 2 N–H and O–H groups in total. The summed E-state index contributed by atoms with van der Waals surface area (Å²) < 4.78 is 20.5. The summed E-state index contributed by atoms with van der Waals surface area (Å²) in [6, 6.07) is 5.10. The van der Waals surface area contributed by atoms with Crippen LogP contribution in [0.15, 0.2) is 22.6 Å². The Kier molecular flexibility index (Phi) is 4.32. The summed E-state index contributed by atoms with van der Waals surface area (Å²) in [5.41, 5.74) is 6.19. The predicted octanol–water partition coefficient (Wildman–Crippen LogP) is 2.12. The normalized spacial score (nSPS) is 10.2. The molecule has 21 heavy (non-hydrogen) atoms. The molecule has 2 aromatic rings. The van der Waals surface area contributed by atoms with E-state index < -0.39 is 5.97 Å². The lowest BCUT2D eigenvalue weighted by atomic mass is 10.2. The Hall–Kier alpha value is -2.70. The second-order valence-electron chi connectivity index (χ2n) is 4.05. The number of esters is 1. The van der Waals surface area contributed by atoms with E-state index in [4.69, 9.17) is 24.4 Å². The van der Waals surface area contributed by atoms with Crippen LogP contribution in [0.5, 0.6) is 11.5 Å². The van der Waals surface area contributed by atoms with E-state index in [2.05, 4.69) is 4.98 Å². The molecule has 1 heterocycles. The van der Waals surface area contributed by atoms with Gasteiger partial charge in [-0.1, -0.05) is 0 Å². The Morgan fingerprint density at radius 3 is 2.38 bits per heavy atom. The van der Waals surface area contributed by atoms with E-state index in [0.29, 0.717) is 17.1 Å². The first-order valence-electron chi connectivity index (χ1n) is 6.25. The highest BCUT2D eigenvalue weighted by Crippen LogP contribution is 2.31. The van der Waals surface area contributed by atoms with Crippen molar-refractivity contribution in [3.63, 3.8) is 0 Å². The zero-order valence-corrected chi connectivity index (χ0v) is 12.0. The Morgan fingerprint density at radius 2 is 1.86 bits per heavy atom. The van der Waals surface area contributed by atoms with E-state index in [1.165, 1.54) is 14.2 Å². The second kappa shape index (κ2) is 6.17. The highest BCUT2D eigenvalue weighted by molar-refractivity contribution is 5.92. The van der Waals surface area contributed by atoms with Crippen LogP contribution < -0.4 is 15.2 Å². The van der Waals surface area contributed by atoms with E-state index in [-0.39, 0.29) is 24.1 Å². The molecule has 112 valence electrons. The summed E-state index contributed by atoms with van der Waals surface area (Å²) >= 11 is 0. The van der Waals surface area contributed by atoms with Crippen LogP contribution in [0, 0.1) is 0 Å². The lowest BCUT2D eigenvalue weighted by Crippen LogP contribution is -2.07. The van der Waals surface area contributed by atoms with Crippen molar-refractivity contribution in [1.82, 2.24) is 4.98 Å². The number of nitrogens with zero attached hydrogens (tertiary/aromatic N) is 1. The minimum Gasteiger partial charge on any atom is -0.497 e. The number of nitrogen functional groups attached to an aromatic ring is 1. The average Bonchev–Trinajstić information content (AvgIpc) is 2.89. The Balaban J connectivity index is 2.43. The third kappa shape index (κ3) is 3.07. The molecule has 7 heteroatoms. The first kappa shape index (κ1) is 14.7. The van der Waals surface area contributed by atoms with Gasteiger partial charge in [0.2, 0.25) is 17.5 Å². The zero-order chi connectivity index (χ0) is 15.4. The van der Waals surface area contributed by atoms with E-state index in [0.717, 1.165) is 0 Å². The number of anilines is 1. The number of benzene rings is 1. The molecule has 2 rings (SSSR count). The fraction of sp³-hybridized carbons (Fsp3) is 0.286. The maximum Gasteiger partial charge on any atom is 0.362 e. The summed E-state index contributed by atoms with van der Waals surface area (Å²) in [6.07, 6.45) is 0. The first-order chi connectivity index (χ1) is 10.1. The Labute approximate surface area is 121 Å². The van der Waals surface area contributed by atoms with E-state index >= 15 is 0 Å². The number of hydrogen-bond acceptors (Lipinski definition) is 7. The van der Waals surface area contributed by atoms with Crippen LogP contribution in [0.1, 0.15) is 17.4 Å². The molecule has 0 aliphatic heterocycles. The van der Waals surface area contributed by atoms with Crippen LogP contribution in [0.25, 0.3) is 11.5 Å². The molecular formula is C14H16N2O5. The molecule has 0 amide bonds. The minimum atomic E-state index is -0.625. The van der Waals surface area contributed by atoms with Gasteiger partial charge in [0.15, 0.2) is 0 Å². The van der Waals surface area contributed by atoms with Gasteiger partial charge >= 0.3 is 5.97 Å². The molecule has 0 spiro atoms. The van der Waals surface area contributed by atoms with Gasteiger partial charge < -0.3 is 24.4 Å². The van der Waals surface area contributed by atoms with Crippen molar-refractivity contribution in [2.45, 2.75) is 6.92 Å². The van der Waals surface area contributed by atoms with Gasteiger partial charge in [0.25, 0.3) is 0 Å². The molecule has 0 aliphatic carbocycles. The van der Waals surface area contributed by atoms with Crippen molar-refractivity contribution in [2.24, 2.45) is 0 Å². The predicted molar refractivity (Wildman–Crippen MR) is 75.4 cm³/mol. The lowest BCUT2D eigenvalue weighted by Gasteiger charge is -2.05. The van der Waals surface area contributed by atoms with Crippen molar-refractivity contribution in [3.8, 4) is 23.0 Å². The summed E-state index contributed by atoms with van der Waals surface area (Å²) in [6.45, 7) is 1.93. The third-order valence-corrected chi connectivity index (χ3v) is 2.72. The highest BCUT2D eigenvalue weighted by Gasteiger charge is 2.20. The Morgan fingerprint density at radius 1 is 1.24 bits per heavy atom. The number of oxazole rings is 1.